The molecule has 0 aliphatic carbocycles. The van der Waals surface area contributed by atoms with Gasteiger partial charge in [-0.2, -0.15) is 10.4 Å². The van der Waals surface area contributed by atoms with Crippen LogP contribution in [0.1, 0.15) is 16.8 Å². The highest BCUT2D eigenvalue weighted by Crippen LogP contribution is 2.23. The molecule has 0 unspecified atom stereocenters. The van der Waals surface area contributed by atoms with Crippen molar-refractivity contribution in [1.29, 1.82) is 5.26 Å². The lowest BCUT2D eigenvalue weighted by Gasteiger charge is -2.08. The normalized spacial score (nSPS) is 10.4. The Hall–Kier alpha value is -3.98. The molecule has 6 heteroatoms. The summed E-state index contributed by atoms with van der Waals surface area (Å²) < 4.78 is 0. The van der Waals surface area contributed by atoms with Gasteiger partial charge in [-0.1, -0.05) is 42.5 Å². The highest BCUT2D eigenvalue weighted by atomic mass is 15.2. The van der Waals surface area contributed by atoms with E-state index in [1.807, 2.05) is 61.5 Å². The number of aromatic amines is 1. The lowest BCUT2D eigenvalue weighted by atomic mass is 10.1. The van der Waals surface area contributed by atoms with Crippen LogP contribution in [0.15, 0.2) is 66.9 Å². The number of anilines is 1. The van der Waals surface area contributed by atoms with Crippen LogP contribution in [0.3, 0.4) is 0 Å². The number of rotatable bonds is 5. The third kappa shape index (κ3) is 3.74. The van der Waals surface area contributed by atoms with Gasteiger partial charge in [0.25, 0.3) is 0 Å². The molecule has 0 radical (unpaired) electrons. The summed E-state index contributed by atoms with van der Waals surface area (Å²) in [7, 11) is 0. The zero-order chi connectivity index (χ0) is 19.3. The van der Waals surface area contributed by atoms with Gasteiger partial charge in [-0.15, -0.1) is 0 Å². The predicted octanol–water partition coefficient (Wildman–Crippen LogP) is 4.33. The summed E-state index contributed by atoms with van der Waals surface area (Å²) in [6.45, 7) is 2.46. The molecule has 2 heterocycles. The number of hydrogen-bond donors (Lipinski definition) is 2. The highest BCUT2D eigenvalue weighted by molar-refractivity contribution is 5.65. The van der Waals surface area contributed by atoms with Crippen LogP contribution in [0.25, 0.3) is 22.5 Å². The molecule has 136 valence electrons. The SMILES string of the molecule is Cc1cnc(NCc2cc(-c3ccccc3)[nH]n2)nc1-c1cccc(C#N)c1. The molecule has 6 nitrogen and oxygen atoms in total. The Morgan fingerprint density at radius 2 is 1.86 bits per heavy atom. The van der Waals surface area contributed by atoms with E-state index in [9.17, 15) is 0 Å². The van der Waals surface area contributed by atoms with Crippen molar-refractivity contribution in [3.05, 3.63) is 83.7 Å². The number of nitrogens with one attached hydrogen (secondary N) is 2. The second kappa shape index (κ2) is 7.72. The van der Waals surface area contributed by atoms with Crippen LogP contribution in [-0.2, 0) is 6.54 Å². The average molecular weight is 366 g/mol. The van der Waals surface area contributed by atoms with E-state index in [-0.39, 0.29) is 0 Å². The number of nitriles is 1. The minimum Gasteiger partial charge on any atom is -0.348 e. The standard InChI is InChI=1S/C22H18N6/c1-15-13-24-22(26-21(15)18-9-5-6-16(10-18)12-23)25-14-19-11-20(28-27-19)17-7-3-2-4-8-17/h2-11,13H,14H2,1H3,(H,27,28)(H,24,25,26). The van der Waals surface area contributed by atoms with Crippen molar-refractivity contribution in [3.8, 4) is 28.6 Å². The zero-order valence-electron chi connectivity index (χ0n) is 15.3. The molecule has 0 aliphatic heterocycles. The van der Waals surface area contributed by atoms with Gasteiger partial charge in [-0.05, 0) is 36.2 Å². The average Bonchev–Trinajstić information content (AvgIpc) is 3.23. The van der Waals surface area contributed by atoms with Crippen LogP contribution in [-0.4, -0.2) is 20.2 Å². The summed E-state index contributed by atoms with van der Waals surface area (Å²) in [5.74, 6) is 0.521. The van der Waals surface area contributed by atoms with Gasteiger partial charge in [-0.3, -0.25) is 5.10 Å². The maximum absolute atomic E-state index is 9.12. The smallest absolute Gasteiger partial charge is 0.223 e. The van der Waals surface area contributed by atoms with E-state index in [0.717, 1.165) is 33.8 Å². The Balaban J connectivity index is 1.52. The van der Waals surface area contributed by atoms with Gasteiger partial charge in [0.1, 0.15) is 0 Å². The lowest BCUT2D eigenvalue weighted by molar-refractivity contribution is 0.961. The van der Waals surface area contributed by atoms with Crippen molar-refractivity contribution in [1.82, 2.24) is 20.2 Å². The summed E-state index contributed by atoms with van der Waals surface area (Å²) in [5, 5.41) is 19.7. The zero-order valence-corrected chi connectivity index (χ0v) is 15.3. The first-order valence-corrected chi connectivity index (χ1v) is 8.91. The van der Waals surface area contributed by atoms with Crippen LogP contribution in [0, 0.1) is 18.3 Å². The van der Waals surface area contributed by atoms with Gasteiger partial charge in [0.15, 0.2) is 0 Å². The molecule has 0 saturated carbocycles. The summed E-state index contributed by atoms with van der Waals surface area (Å²) in [6, 6.07) is 21.6. The molecule has 0 spiro atoms. The topological polar surface area (TPSA) is 90.3 Å². The maximum atomic E-state index is 9.12. The molecular weight excluding hydrogens is 348 g/mol. The van der Waals surface area contributed by atoms with E-state index < -0.39 is 0 Å². The van der Waals surface area contributed by atoms with E-state index in [0.29, 0.717) is 18.1 Å². The largest absolute Gasteiger partial charge is 0.348 e. The molecule has 0 bridgehead atoms. The molecule has 2 N–H and O–H groups in total. The van der Waals surface area contributed by atoms with Gasteiger partial charge < -0.3 is 5.32 Å². The van der Waals surface area contributed by atoms with Crippen molar-refractivity contribution in [2.75, 3.05) is 5.32 Å². The minimum atomic E-state index is 0.504. The van der Waals surface area contributed by atoms with Crippen molar-refractivity contribution < 1.29 is 0 Å². The summed E-state index contributed by atoms with van der Waals surface area (Å²) in [5.41, 5.74) is 6.19. The summed E-state index contributed by atoms with van der Waals surface area (Å²) in [4.78, 5) is 8.99. The van der Waals surface area contributed by atoms with E-state index in [1.54, 1.807) is 12.3 Å². The van der Waals surface area contributed by atoms with Gasteiger partial charge in [-0.25, -0.2) is 9.97 Å². The molecule has 28 heavy (non-hydrogen) atoms. The summed E-state index contributed by atoms with van der Waals surface area (Å²) >= 11 is 0. The number of H-pyrrole nitrogens is 1. The predicted molar refractivity (Wildman–Crippen MR) is 108 cm³/mol. The van der Waals surface area contributed by atoms with E-state index in [4.69, 9.17) is 5.26 Å². The van der Waals surface area contributed by atoms with Crippen LogP contribution in [0.2, 0.25) is 0 Å². The van der Waals surface area contributed by atoms with Crippen LogP contribution < -0.4 is 5.32 Å². The van der Waals surface area contributed by atoms with Gasteiger partial charge in [0.05, 0.1) is 35.3 Å². The van der Waals surface area contributed by atoms with Crippen LogP contribution in [0.5, 0.6) is 0 Å². The van der Waals surface area contributed by atoms with Crippen molar-refractivity contribution >= 4 is 5.95 Å². The fourth-order valence-corrected chi connectivity index (χ4v) is 2.94. The lowest BCUT2D eigenvalue weighted by Crippen LogP contribution is -2.05. The third-order valence-electron chi connectivity index (χ3n) is 4.38. The Kier molecular flexibility index (Phi) is 4.81. The molecular formula is C22H18N6. The fourth-order valence-electron chi connectivity index (χ4n) is 2.94. The van der Waals surface area contributed by atoms with E-state index >= 15 is 0 Å². The number of aromatic nitrogens is 4. The first-order valence-electron chi connectivity index (χ1n) is 8.91. The molecule has 2 aromatic carbocycles. The Morgan fingerprint density at radius 1 is 1.04 bits per heavy atom. The van der Waals surface area contributed by atoms with Gasteiger partial charge in [0.2, 0.25) is 5.95 Å². The number of hydrogen-bond acceptors (Lipinski definition) is 5. The second-order valence-corrected chi connectivity index (χ2v) is 6.41. The van der Waals surface area contributed by atoms with Crippen LogP contribution in [0.4, 0.5) is 5.95 Å². The molecule has 0 fully saturated rings. The van der Waals surface area contributed by atoms with Gasteiger partial charge >= 0.3 is 0 Å². The Morgan fingerprint density at radius 3 is 2.68 bits per heavy atom. The highest BCUT2D eigenvalue weighted by Gasteiger charge is 2.09. The Labute approximate surface area is 162 Å². The molecule has 0 aliphatic rings. The third-order valence-corrected chi connectivity index (χ3v) is 4.38. The molecule has 0 saturated heterocycles. The van der Waals surface area contributed by atoms with Crippen LogP contribution >= 0.6 is 0 Å². The van der Waals surface area contributed by atoms with Gasteiger partial charge in [0, 0.05) is 11.8 Å². The number of nitrogens with zero attached hydrogens (tertiary/aromatic N) is 4. The molecule has 4 rings (SSSR count). The first kappa shape index (κ1) is 17.4. The second-order valence-electron chi connectivity index (χ2n) is 6.41. The van der Waals surface area contributed by atoms with Crippen molar-refractivity contribution in [2.45, 2.75) is 13.5 Å². The molecule has 0 amide bonds. The van der Waals surface area contributed by atoms with E-state index in [1.165, 1.54) is 0 Å². The first-order chi connectivity index (χ1) is 13.7. The van der Waals surface area contributed by atoms with Crippen molar-refractivity contribution in [3.63, 3.8) is 0 Å². The monoisotopic (exact) mass is 366 g/mol. The maximum Gasteiger partial charge on any atom is 0.223 e. The number of benzene rings is 2. The van der Waals surface area contributed by atoms with Crippen molar-refractivity contribution in [2.24, 2.45) is 0 Å². The fraction of sp³-hybridized carbons (Fsp3) is 0.0909. The minimum absolute atomic E-state index is 0.504. The number of aryl methyl sites for hydroxylation is 1. The molecule has 0 atom stereocenters. The summed E-state index contributed by atoms with van der Waals surface area (Å²) in [6.07, 6.45) is 1.78. The molecule has 2 aromatic heterocycles. The quantitative estimate of drug-likeness (QED) is 0.549. The van der Waals surface area contributed by atoms with E-state index in [2.05, 4.69) is 31.6 Å². The molecule has 4 aromatic rings. The Bertz CT molecular complexity index is 1140.